The number of amides is 9. The number of unbranched alkanes of at least 4 members (excludes halogenated alkanes) is 2. The lowest BCUT2D eigenvalue weighted by Gasteiger charge is -2.53. The highest BCUT2D eigenvalue weighted by atomic mass is 16.6. The van der Waals surface area contributed by atoms with Gasteiger partial charge in [0.25, 0.3) is 0 Å². The maximum Gasteiger partial charge on any atom is 0.410 e. The van der Waals surface area contributed by atoms with Gasteiger partial charge in [0.1, 0.15) is 41.6 Å². The number of nitrogen functional groups attached to an aromatic ring is 1. The topological polar surface area (TPSA) is 465 Å². The molecule has 9 rings (SSSR count). The molecule has 0 bridgehead atoms. The van der Waals surface area contributed by atoms with Crippen molar-refractivity contribution in [1.29, 1.82) is 0 Å². The van der Waals surface area contributed by atoms with Gasteiger partial charge in [-0.05, 0) is 72.2 Å². The molecule has 3 aliphatic rings. The van der Waals surface area contributed by atoms with Gasteiger partial charge in [-0.25, -0.2) is 14.6 Å². The number of anilines is 4. The largest absolute Gasteiger partial charge is 0.496 e. The van der Waals surface area contributed by atoms with Crippen LogP contribution in [0.1, 0.15) is 106 Å². The zero-order chi connectivity index (χ0) is 87.7. The summed E-state index contributed by atoms with van der Waals surface area (Å²) in [5, 5.41) is 22.9. The molecule has 0 aliphatic carbocycles. The lowest BCUT2D eigenvalue weighted by molar-refractivity contribution is -0.181. The molecule has 0 radical (unpaired) electrons. The van der Waals surface area contributed by atoms with Crippen LogP contribution >= 0.6 is 0 Å². The molecule has 1 spiro atoms. The Hall–Kier alpha value is -10.8. The second-order valence-corrected chi connectivity index (χ2v) is 30.2. The van der Waals surface area contributed by atoms with Crippen LogP contribution in [0.15, 0.2) is 103 Å². The maximum atomic E-state index is 14.6. The van der Waals surface area contributed by atoms with Crippen LogP contribution < -0.4 is 74.9 Å². The monoisotopic (exact) mass is 1710 g/mol. The average Bonchev–Trinajstić information content (AvgIpc) is 1.15. The van der Waals surface area contributed by atoms with Crippen LogP contribution in [0.25, 0.3) is 22.4 Å². The van der Waals surface area contributed by atoms with Crippen LogP contribution in [0.3, 0.4) is 0 Å². The predicted molar refractivity (Wildman–Crippen MR) is 462 cm³/mol. The first kappa shape index (κ1) is 96.0. The molecular formula is C86H124N18O19. The van der Waals surface area contributed by atoms with Crippen molar-refractivity contribution in [2.24, 2.45) is 17.5 Å². The van der Waals surface area contributed by atoms with Crippen molar-refractivity contribution < 1.29 is 90.5 Å². The van der Waals surface area contributed by atoms with Crippen molar-refractivity contribution in [2.45, 2.75) is 122 Å². The third-order valence-electron chi connectivity index (χ3n) is 20.6. The smallest absolute Gasteiger partial charge is 0.410 e. The summed E-state index contributed by atoms with van der Waals surface area (Å²) >= 11 is 0. The number of nitrogens with zero attached hydrogens (tertiary/aromatic N) is 6. The number of aromatic nitrogens is 3. The molecule has 37 heteroatoms. The van der Waals surface area contributed by atoms with E-state index >= 15 is 0 Å². The molecule has 4 aromatic carbocycles. The van der Waals surface area contributed by atoms with Crippen molar-refractivity contribution in [1.82, 2.24) is 61.7 Å². The molecule has 123 heavy (non-hydrogen) atoms. The number of para-hydroxylation sites is 1. The number of hydrazine groups is 1. The van der Waals surface area contributed by atoms with Crippen molar-refractivity contribution in [3.05, 3.63) is 137 Å². The van der Waals surface area contributed by atoms with Crippen molar-refractivity contribution in [2.75, 3.05) is 194 Å². The van der Waals surface area contributed by atoms with Gasteiger partial charge in [0.2, 0.25) is 41.4 Å². The van der Waals surface area contributed by atoms with E-state index in [1.165, 1.54) is 0 Å². The highest BCUT2D eigenvalue weighted by Crippen LogP contribution is 2.37. The highest BCUT2D eigenvalue weighted by Gasteiger charge is 2.48. The molecule has 6 aromatic rings. The predicted octanol–water partition coefficient (Wildman–Crippen LogP) is 4.50. The molecule has 0 saturated carbocycles. The van der Waals surface area contributed by atoms with Gasteiger partial charge in [-0.3, -0.25) is 39.5 Å². The molecule has 0 unspecified atom stereocenters. The van der Waals surface area contributed by atoms with E-state index in [-0.39, 0.29) is 77.6 Å². The van der Waals surface area contributed by atoms with Crippen LogP contribution in [0.5, 0.6) is 5.75 Å². The minimum absolute atomic E-state index is 0.000109. The number of nitrogens with two attached hydrogens (primary N) is 3. The Kier molecular flexibility index (Phi) is 40.0. The van der Waals surface area contributed by atoms with Crippen LogP contribution in [0, 0.1) is 5.92 Å². The van der Waals surface area contributed by atoms with Gasteiger partial charge in [0.05, 0.1) is 155 Å². The molecule has 15 N–H and O–H groups in total. The van der Waals surface area contributed by atoms with E-state index in [4.69, 9.17) is 69.4 Å². The van der Waals surface area contributed by atoms with Gasteiger partial charge in [0.15, 0.2) is 5.82 Å². The van der Waals surface area contributed by atoms with E-state index in [9.17, 15) is 38.4 Å². The second-order valence-electron chi connectivity index (χ2n) is 30.2. The van der Waals surface area contributed by atoms with Gasteiger partial charge in [0, 0.05) is 108 Å². The number of nitrogens with one attached hydrogen (secondary N) is 9. The molecule has 3 aliphatic heterocycles. The molecule has 672 valence electrons. The highest BCUT2D eigenvalue weighted by molar-refractivity contribution is 6.03. The summed E-state index contributed by atoms with van der Waals surface area (Å²) in [5.74, 6) is 3.23. The molecule has 2 fully saturated rings. The van der Waals surface area contributed by atoms with Gasteiger partial charge >= 0.3 is 12.1 Å². The number of fused-ring (bicyclic) bond motifs is 3. The number of methoxy groups -OCH3 is 2. The summed E-state index contributed by atoms with van der Waals surface area (Å²) in [6.45, 7) is 14.8. The van der Waals surface area contributed by atoms with Gasteiger partial charge in [-0.2, -0.15) is 4.98 Å². The van der Waals surface area contributed by atoms with E-state index in [1.807, 2.05) is 48.7 Å². The van der Waals surface area contributed by atoms with Crippen LogP contribution in [0.2, 0.25) is 0 Å². The van der Waals surface area contributed by atoms with Gasteiger partial charge in [-0.15, -0.1) is 0 Å². The first-order valence-electron chi connectivity index (χ1n) is 42.0. The standard InChI is InChI=1S/C86H124N18O19/c1-7-8-13-30-91-79-78-67(97-83(87)99-79)28-32-102(78)53-63-23-20-61(50-71(63)114-6)52-101-56-86(57-101)58-103(33-35-123-86)85(112)122-55-60-21-24-64(25-22-60)94-80(108)68(18-14-31-92-84(88)111)96-82(110)75(59(2)3)98-81(109)69(51-93-72(105)29-34-115-38-39-117-42-43-119-46-47-121-49-48-120-45-44-118-41-40-116-37-36-113-5)95-73(106)26-27-74(107)104-54-62-15-9-10-16-65(62)77(100-89)76(90-4)66-17-11-12-19-70(66)104/h9-12,15-17,19-25,28,32,50,59,68-69,75,90,100H,7-8,13-14,18,26-27,29-31,33-49,51-58,89H2,1-6H3,(H,93,105)(H,94,108)(H,95,106)(H,96,110)(H,98,109)(H3,88,92,111)(H3,87,91,97,99)/b77-76-/t68-,69-,75-/m0/s1. The Morgan fingerprint density at radius 3 is 1.92 bits per heavy atom. The first-order valence-corrected chi connectivity index (χ1v) is 42.0. The van der Waals surface area contributed by atoms with Crippen LogP contribution in [-0.4, -0.2) is 268 Å². The quantitative estimate of drug-likeness (QED) is 0.0142. The summed E-state index contributed by atoms with van der Waals surface area (Å²) in [5.41, 5.74) is 22.3. The number of likely N-dealkylation sites (tertiary alicyclic amines) is 1. The minimum atomic E-state index is -1.49. The van der Waals surface area contributed by atoms with E-state index in [1.54, 1.807) is 81.3 Å². The van der Waals surface area contributed by atoms with Crippen LogP contribution in [-0.2, 0) is 102 Å². The Morgan fingerprint density at radius 1 is 0.626 bits per heavy atom. The third kappa shape index (κ3) is 30.6. The Labute approximate surface area is 718 Å². The molecule has 2 saturated heterocycles. The summed E-state index contributed by atoms with van der Waals surface area (Å²) in [4.78, 5) is 126. The number of morpholine rings is 1. The fraction of sp³-hybridized carbons (Fsp3) is 0.535. The number of rotatable bonds is 55. The number of ether oxygens (including phenoxy) is 11. The molecule has 3 atom stereocenters. The number of urea groups is 1. The Morgan fingerprint density at radius 2 is 1.28 bits per heavy atom. The van der Waals surface area contributed by atoms with E-state index in [0.717, 1.165) is 64.8 Å². The fourth-order valence-corrected chi connectivity index (χ4v) is 14.3. The van der Waals surface area contributed by atoms with Gasteiger partial charge in [-0.1, -0.05) is 100 Å². The molecule has 5 heterocycles. The maximum absolute atomic E-state index is 14.6. The van der Waals surface area contributed by atoms with E-state index in [2.05, 4.69) is 92.5 Å². The summed E-state index contributed by atoms with van der Waals surface area (Å²) in [7, 11) is 5.03. The summed E-state index contributed by atoms with van der Waals surface area (Å²) < 4.78 is 63.8. The van der Waals surface area contributed by atoms with Crippen molar-refractivity contribution in [3.63, 3.8) is 0 Å². The SMILES string of the molecule is CCCCCNc1nc(N)nc2ccn(Cc3ccc(CN4CC5(C4)CN(C(=O)OCc4ccc(NC(=O)[C@H](CCCNC(N)=O)NC(=O)[C@@H](NC(=O)[C@H](CNC(=O)CCOCCOCCOCCOCCOCCOCCOCCOC)NC(=O)CCC(=O)N6Cc7ccccc7/C(NN)=C(/NC)c7ccccc76)C(C)C)cc4)CCO5)cc3OC)c12. The van der Waals surface area contributed by atoms with E-state index in [0.29, 0.717) is 165 Å². The first-order chi connectivity index (χ1) is 59.7. The molecule has 2 aromatic heterocycles. The van der Waals surface area contributed by atoms with Crippen molar-refractivity contribution in [3.8, 4) is 5.75 Å². The Bertz CT molecular complexity index is 4400. The lowest BCUT2D eigenvalue weighted by atomic mass is 9.91. The number of benzene rings is 4. The molecular weight excluding hydrogens is 1590 g/mol. The number of hydrogen-bond acceptors (Lipinski definition) is 27. The lowest BCUT2D eigenvalue weighted by Crippen LogP contribution is -2.70. The minimum Gasteiger partial charge on any atom is -0.496 e. The second kappa shape index (κ2) is 51.3. The number of hydrogen-bond donors (Lipinski definition) is 12. The van der Waals surface area contributed by atoms with Crippen LogP contribution in [0.4, 0.5) is 32.7 Å². The molecule has 9 amide bonds. The van der Waals surface area contributed by atoms with E-state index < -0.39 is 83.8 Å². The zero-order valence-electron chi connectivity index (χ0n) is 71.5. The normalized spacial score (nSPS) is 15.0. The summed E-state index contributed by atoms with van der Waals surface area (Å²) in [6, 6.07) is 24.7. The summed E-state index contributed by atoms with van der Waals surface area (Å²) in [6.07, 6.45) is 4.06. The van der Waals surface area contributed by atoms with Gasteiger partial charge < -0.3 is 126 Å². The Balaban J connectivity index is 0.753. The van der Waals surface area contributed by atoms with Crippen molar-refractivity contribution >= 4 is 93.1 Å². The number of primary amides is 1. The average molecular weight is 1710 g/mol. The number of carbonyl (C=O) groups excluding carboxylic acids is 8. The third-order valence-corrected chi connectivity index (χ3v) is 20.6. The fourth-order valence-electron chi connectivity index (χ4n) is 14.3. The molecule has 37 nitrogen and oxygen atoms in total. The number of carbonyl (C=O) groups is 8. The zero-order valence-corrected chi connectivity index (χ0v) is 71.5.